The summed E-state index contributed by atoms with van der Waals surface area (Å²) in [6.45, 7) is -2.18. The average Bonchev–Trinajstić information content (AvgIpc) is 3.68. The summed E-state index contributed by atoms with van der Waals surface area (Å²) in [5, 5.41) is 41.4. The summed E-state index contributed by atoms with van der Waals surface area (Å²) >= 11 is 0. The van der Waals surface area contributed by atoms with Crippen molar-refractivity contribution in [3.63, 3.8) is 0 Å². The number of anilines is 1. The van der Waals surface area contributed by atoms with Gasteiger partial charge in [-0.1, -0.05) is 0 Å². The lowest BCUT2D eigenvalue weighted by Crippen LogP contribution is -2.35. The fraction of sp³-hybridized carbons (Fsp3) is 0.478. The Morgan fingerprint density at radius 2 is 1.25 bits per heavy atom. The monoisotopic (exact) mass is 824 g/mol. The zero-order valence-corrected chi connectivity index (χ0v) is 29.7. The third-order valence-electron chi connectivity index (χ3n) is 7.16. The van der Waals surface area contributed by atoms with Crippen LogP contribution in [-0.4, -0.2) is 118 Å². The highest BCUT2D eigenvalue weighted by Crippen LogP contribution is 2.71. The number of hydrogen-bond acceptors (Lipinski definition) is 20. The first kappa shape index (κ1) is 40.7. The Kier molecular flexibility index (Phi) is 12.3. The van der Waals surface area contributed by atoms with Crippen LogP contribution in [0.15, 0.2) is 42.9 Å². The van der Waals surface area contributed by atoms with Gasteiger partial charge in [-0.25, -0.2) is 28.2 Å². The Labute approximate surface area is 291 Å². The topological polar surface area (TPSA) is 370 Å². The third kappa shape index (κ3) is 9.80. The Morgan fingerprint density at radius 3 is 1.83 bits per heavy atom. The van der Waals surface area contributed by atoms with Crippen molar-refractivity contribution in [3.8, 4) is 11.5 Å². The first-order valence-corrected chi connectivity index (χ1v) is 20.3. The van der Waals surface area contributed by atoms with Gasteiger partial charge in [0.2, 0.25) is 6.29 Å². The molecule has 0 saturated carbocycles. The zero-order chi connectivity index (χ0) is 38.2. The van der Waals surface area contributed by atoms with E-state index in [9.17, 15) is 58.3 Å². The number of pyridine rings is 1. The van der Waals surface area contributed by atoms with Gasteiger partial charge < -0.3 is 64.7 Å². The van der Waals surface area contributed by atoms with Crippen molar-refractivity contribution >= 4 is 48.1 Å². The van der Waals surface area contributed by atoms with Crippen LogP contribution < -0.4 is 15.2 Å². The SMILES string of the molecule is COc1ccc(O[C@@H]2O[C@H](COP(=O)(O)OP(=O)(O)OP(=O)(O)OP(=O)(O)OC[C@H]3O[C@@H](n4cnc5c(N)ccnc54)[C@H](O)[C@@H]3O)[C@@H](O)[C@H]2O)cc1. The molecule has 4 unspecified atom stereocenters. The number of methoxy groups -OCH3 is 1. The minimum absolute atomic E-state index is 0.146. The Morgan fingerprint density at radius 1 is 0.731 bits per heavy atom. The van der Waals surface area contributed by atoms with Crippen LogP contribution in [0.25, 0.3) is 11.2 Å². The molecule has 0 bridgehead atoms. The predicted molar refractivity (Wildman–Crippen MR) is 167 cm³/mol. The summed E-state index contributed by atoms with van der Waals surface area (Å²) in [7, 11) is -22.4. The Hall–Kier alpha value is -2.44. The van der Waals surface area contributed by atoms with Crippen LogP contribution in [-0.2, 0) is 49.7 Å². The average molecular weight is 824 g/mol. The summed E-state index contributed by atoms with van der Waals surface area (Å²) in [5.74, 6) is 0.650. The highest BCUT2D eigenvalue weighted by Gasteiger charge is 2.50. The number of phosphoric ester groups is 2. The number of imidazole rings is 1. The predicted octanol–water partition coefficient (Wildman–Crippen LogP) is -0.348. The molecule has 2 aliphatic heterocycles. The molecule has 0 spiro atoms. The minimum Gasteiger partial charge on any atom is -0.497 e. The summed E-state index contributed by atoms with van der Waals surface area (Å²) in [6.07, 6.45) is -10.5. The van der Waals surface area contributed by atoms with E-state index in [1.807, 2.05) is 0 Å². The molecule has 5 rings (SSSR count). The molecule has 290 valence electrons. The number of hydrogen-bond donors (Lipinski definition) is 9. The molecule has 10 N–H and O–H groups in total. The maximum Gasteiger partial charge on any atom is 0.490 e. The number of aliphatic hydroxyl groups excluding tert-OH is 4. The third-order valence-corrected chi connectivity index (χ3v) is 13.1. The van der Waals surface area contributed by atoms with Gasteiger partial charge in [-0.05, 0) is 30.3 Å². The number of nitrogen functional groups attached to an aromatic ring is 1. The Bertz CT molecular complexity index is 1920. The van der Waals surface area contributed by atoms with Crippen molar-refractivity contribution in [1.82, 2.24) is 14.5 Å². The number of nitrogens with two attached hydrogens (primary N) is 1. The van der Waals surface area contributed by atoms with Gasteiger partial charge in [0.15, 0.2) is 11.9 Å². The quantitative estimate of drug-likeness (QED) is 0.0833. The molecule has 0 amide bonds. The Balaban J connectivity index is 1.11. The molecule has 2 aromatic heterocycles. The molecule has 52 heavy (non-hydrogen) atoms. The number of aromatic nitrogens is 3. The second-order valence-corrected chi connectivity index (χ2v) is 17.0. The molecule has 4 heterocycles. The van der Waals surface area contributed by atoms with Crippen LogP contribution in [0.3, 0.4) is 0 Å². The summed E-state index contributed by atoms with van der Waals surface area (Å²) in [6, 6.07) is 7.38. The van der Waals surface area contributed by atoms with Gasteiger partial charge >= 0.3 is 31.3 Å². The molecular formula is C23H32N4O21P4. The maximum absolute atomic E-state index is 12.4. The van der Waals surface area contributed by atoms with E-state index in [0.717, 1.165) is 0 Å². The largest absolute Gasteiger partial charge is 0.497 e. The van der Waals surface area contributed by atoms with E-state index in [2.05, 4.69) is 31.9 Å². The first-order chi connectivity index (χ1) is 24.2. The molecule has 2 aliphatic rings. The smallest absolute Gasteiger partial charge is 0.490 e. The van der Waals surface area contributed by atoms with E-state index < -0.39 is 93.6 Å². The van der Waals surface area contributed by atoms with Crippen LogP contribution in [0.4, 0.5) is 5.69 Å². The number of nitrogens with zero attached hydrogens (tertiary/aromatic N) is 3. The van der Waals surface area contributed by atoms with E-state index in [1.54, 1.807) is 0 Å². The summed E-state index contributed by atoms with van der Waals surface area (Å²) < 4.78 is 92.3. The highest BCUT2D eigenvalue weighted by atomic mass is 31.3. The molecule has 25 nitrogen and oxygen atoms in total. The van der Waals surface area contributed by atoms with Crippen molar-refractivity contribution in [3.05, 3.63) is 42.9 Å². The van der Waals surface area contributed by atoms with E-state index in [4.69, 9.17) is 24.7 Å². The lowest BCUT2D eigenvalue weighted by atomic mass is 10.1. The molecule has 0 aliphatic carbocycles. The van der Waals surface area contributed by atoms with Crippen molar-refractivity contribution in [2.24, 2.45) is 0 Å². The van der Waals surface area contributed by atoms with Crippen molar-refractivity contribution in [2.45, 2.75) is 49.1 Å². The van der Waals surface area contributed by atoms with Crippen LogP contribution in [0.2, 0.25) is 0 Å². The van der Waals surface area contributed by atoms with E-state index in [1.165, 1.54) is 54.5 Å². The zero-order valence-electron chi connectivity index (χ0n) is 26.2. The molecule has 29 heteroatoms. The molecule has 1 aromatic carbocycles. The summed E-state index contributed by atoms with van der Waals surface area (Å²) in [4.78, 5) is 47.6. The van der Waals surface area contributed by atoms with Crippen molar-refractivity contribution < 1.29 is 99.2 Å². The number of phosphoric acid groups is 4. The number of benzene rings is 1. The second-order valence-electron chi connectivity index (χ2n) is 10.8. The van der Waals surface area contributed by atoms with Gasteiger partial charge in [0.1, 0.15) is 53.6 Å². The standard InChI is InChI=1S/C23H32N4O21P4/c1-40-11-2-4-12(5-3-11)43-23-20(31)18(29)15(45-23)9-42-50(34,35)47-52(38,39)48-51(36,37)46-49(32,33)41-8-14-17(28)19(30)22(44-14)27-10-26-16-13(24)6-7-25-21(16)27/h2-7,10,14-15,17-20,22-23,28-31H,8-9H2,1H3,(H2,24,25)(H,32,33)(H,34,35)(H,36,37)(H,38,39)/t14-,15-,17-,18-,19-,20-,22-,23-/m1/s1. The van der Waals surface area contributed by atoms with Gasteiger partial charge in [0, 0.05) is 6.20 Å². The van der Waals surface area contributed by atoms with Gasteiger partial charge in [-0.3, -0.25) is 13.6 Å². The fourth-order valence-corrected chi connectivity index (χ4v) is 9.73. The van der Waals surface area contributed by atoms with E-state index >= 15 is 0 Å². The van der Waals surface area contributed by atoms with Gasteiger partial charge in [-0.15, -0.1) is 0 Å². The van der Waals surface area contributed by atoms with Gasteiger partial charge in [0.25, 0.3) is 0 Å². The molecule has 12 atom stereocenters. The van der Waals surface area contributed by atoms with Gasteiger partial charge in [-0.2, -0.15) is 12.9 Å². The molecule has 0 radical (unpaired) electrons. The first-order valence-electron chi connectivity index (χ1n) is 14.3. The van der Waals surface area contributed by atoms with E-state index in [-0.39, 0.29) is 22.6 Å². The van der Waals surface area contributed by atoms with Crippen LogP contribution in [0.1, 0.15) is 6.23 Å². The molecule has 2 fully saturated rings. The molecule has 2 saturated heterocycles. The highest BCUT2D eigenvalue weighted by molar-refractivity contribution is 7.69. The molecular weight excluding hydrogens is 792 g/mol. The van der Waals surface area contributed by atoms with Crippen molar-refractivity contribution in [1.29, 1.82) is 0 Å². The lowest BCUT2D eigenvalue weighted by molar-refractivity contribution is -0.115. The lowest BCUT2D eigenvalue weighted by Gasteiger charge is -2.21. The fourth-order valence-electron chi connectivity index (χ4n) is 4.78. The van der Waals surface area contributed by atoms with Crippen LogP contribution in [0.5, 0.6) is 11.5 Å². The number of fused-ring (bicyclic) bond motifs is 1. The second kappa shape index (κ2) is 15.7. The maximum atomic E-state index is 12.4. The van der Waals surface area contributed by atoms with E-state index in [0.29, 0.717) is 5.75 Å². The van der Waals surface area contributed by atoms with Gasteiger partial charge in [0.05, 0.1) is 32.3 Å². The number of rotatable bonds is 16. The normalized spacial score (nSPS) is 31.0. The minimum atomic E-state index is -6.17. The molecule has 3 aromatic rings. The number of aliphatic hydroxyl groups is 4. The number of ether oxygens (including phenoxy) is 4. The van der Waals surface area contributed by atoms with Crippen LogP contribution in [0, 0.1) is 0 Å². The van der Waals surface area contributed by atoms with Crippen molar-refractivity contribution in [2.75, 3.05) is 26.1 Å². The summed E-state index contributed by atoms with van der Waals surface area (Å²) in [5.41, 5.74) is 6.45. The van der Waals surface area contributed by atoms with Crippen LogP contribution >= 0.6 is 31.3 Å².